The second kappa shape index (κ2) is 7.25. The van der Waals surface area contributed by atoms with E-state index in [-0.39, 0.29) is 5.91 Å². The van der Waals surface area contributed by atoms with Crippen LogP contribution in [0.2, 0.25) is 0 Å². The van der Waals surface area contributed by atoms with Crippen molar-refractivity contribution in [3.05, 3.63) is 35.9 Å². The van der Waals surface area contributed by atoms with Crippen LogP contribution < -0.4 is 5.73 Å². The van der Waals surface area contributed by atoms with Gasteiger partial charge in [0.05, 0.1) is 0 Å². The van der Waals surface area contributed by atoms with Crippen molar-refractivity contribution >= 4 is 5.91 Å². The zero-order chi connectivity index (χ0) is 16.2. The van der Waals surface area contributed by atoms with Gasteiger partial charge in [0.15, 0.2) is 0 Å². The molecule has 2 rings (SSSR count). The molecule has 1 fully saturated rings. The highest BCUT2D eigenvalue weighted by Crippen LogP contribution is 2.25. The fraction of sp³-hybridized carbons (Fsp3) is 0.611. The molecule has 1 aromatic carbocycles. The van der Waals surface area contributed by atoms with E-state index in [1.54, 1.807) is 0 Å². The lowest BCUT2D eigenvalue weighted by atomic mass is 9.92. The predicted molar refractivity (Wildman–Crippen MR) is 90.5 cm³/mol. The van der Waals surface area contributed by atoms with Gasteiger partial charge < -0.3 is 15.5 Å². The molecular weight excluding hydrogens is 274 g/mol. The lowest BCUT2D eigenvalue weighted by Crippen LogP contribution is -2.50. The molecule has 0 bridgehead atoms. The largest absolute Gasteiger partial charge is 0.340 e. The van der Waals surface area contributed by atoms with E-state index in [2.05, 4.69) is 18.9 Å². The fourth-order valence-electron chi connectivity index (χ4n) is 3.32. The van der Waals surface area contributed by atoms with Gasteiger partial charge in [-0.1, -0.05) is 37.3 Å². The van der Waals surface area contributed by atoms with Gasteiger partial charge in [-0.25, -0.2) is 0 Å². The minimum atomic E-state index is -0.939. The molecule has 1 aliphatic heterocycles. The summed E-state index contributed by atoms with van der Waals surface area (Å²) < 4.78 is 0. The molecule has 1 saturated heterocycles. The summed E-state index contributed by atoms with van der Waals surface area (Å²) in [5.41, 5.74) is 6.30. The van der Waals surface area contributed by atoms with E-state index < -0.39 is 5.54 Å². The Balaban J connectivity index is 1.97. The Labute approximate surface area is 134 Å². The molecule has 0 aliphatic carbocycles. The number of hydrogen-bond donors (Lipinski definition) is 1. The second-order valence-electron chi connectivity index (χ2n) is 6.74. The van der Waals surface area contributed by atoms with Crippen LogP contribution in [-0.4, -0.2) is 48.9 Å². The summed E-state index contributed by atoms with van der Waals surface area (Å²) in [6.07, 6.45) is 2.24. The van der Waals surface area contributed by atoms with E-state index in [4.69, 9.17) is 5.73 Å². The van der Waals surface area contributed by atoms with Crippen molar-refractivity contribution in [2.24, 2.45) is 11.7 Å². The number of hydrogen-bond acceptors (Lipinski definition) is 3. The Kier molecular flexibility index (Phi) is 5.59. The summed E-state index contributed by atoms with van der Waals surface area (Å²) in [7, 11) is 2.16. The zero-order valence-electron chi connectivity index (χ0n) is 14.1. The van der Waals surface area contributed by atoms with Gasteiger partial charge >= 0.3 is 0 Å². The number of amides is 1. The molecule has 2 atom stereocenters. The Morgan fingerprint density at radius 3 is 2.73 bits per heavy atom. The topological polar surface area (TPSA) is 49.6 Å². The van der Waals surface area contributed by atoms with Crippen LogP contribution in [0, 0.1) is 5.92 Å². The van der Waals surface area contributed by atoms with Gasteiger partial charge in [-0.2, -0.15) is 0 Å². The monoisotopic (exact) mass is 303 g/mol. The van der Waals surface area contributed by atoms with Crippen LogP contribution in [-0.2, 0) is 10.3 Å². The highest BCUT2D eigenvalue weighted by molar-refractivity contribution is 5.87. The molecule has 2 N–H and O–H groups in total. The van der Waals surface area contributed by atoms with Crippen LogP contribution in [0.3, 0.4) is 0 Å². The first kappa shape index (κ1) is 17.0. The van der Waals surface area contributed by atoms with Gasteiger partial charge in [-0.3, -0.25) is 4.79 Å². The van der Waals surface area contributed by atoms with Crippen molar-refractivity contribution in [2.45, 2.75) is 32.2 Å². The van der Waals surface area contributed by atoms with Gasteiger partial charge in [0.1, 0.15) is 5.54 Å². The lowest BCUT2D eigenvalue weighted by molar-refractivity contribution is -0.135. The second-order valence-corrected chi connectivity index (χ2v) is 6.74. The highest BCUT2D eigenvalue weighted by Gasteiger charge is 2.37. The van der Waals surface area contributed by atoms with Crippen LogP contribution in [0.4, 0.5) is 0 Å². The van der Waals surface area contributed by atoms with Crippen molar-refractivity contribution in [1.82, 2.24) is 9.80 Å². The molecular formula is C18H29N3O. The van der Waals surface area contributed by atoms with Crippen LogP contribution in [0.1, 0.15) is 32.3 Å². The van der Waals surface area contributed by atoms with Crippen molar-refractivity contribution in [3.63, 3.8) is 0 Å². The fourth-order valence-corrected chi connectivity index (χ4v) is 3.32. The van der Waals surface area contributed by atoms with E-state index in [1.807, 2.05) is 42.2 Å². The molecule has 0 aromatic heterocycles. The average molecular weight is 303 g/mol. The molecule has 1 amide bonds. The number of rotatable bonds is 6. The third-order valence-corrected chi connectivity index (χ3v) is 4.57. The molecule has 2 unspecified atom stereocenters. The SMILES string of the molecule is CCCN(C)CC1CCN(C(=O)C(C)(N)c2ccccc2)C1. The number of carbonyl (C=O) groups excluding carboxylic acids is 1. The quantitative estimate of drug-likeness (QED) is 0.875. The summed E-state index contributed by atoms with van der Waals surface area (Å²) in [4.78, 5) is 17.1. The maximum Gasteiger partial charge on any atom is 0.246 e. The maximum atomic E-state index is 12.8. The summed E-state index contributed by atoms with van der Waals surface area (Å²) in [6.45, 7) is 7.84. The van der Waals surface area contributed by atoms with Gasteiger partial charge in [0.25, 0.3) is 0 Å². The van der Waals surface area contributed by atoms with Crippen molar-refractivity contribution in [1.29, 1.82) is 0 Å². The van der Waals surface area contributed by atoms with Crippen molar-refractivity contribution in [3.8, 4) is 0 Å². The summed E-state index contributed by atoms with van der Waals surface area (Å²) in [5, 5.41) is 0. The van der Waals surface area contributed by atoms with Gasteiger partial charge in [0, 0.05) is 19.6 Å². The molecule has 122 valence electrons. The van der Waals surface area contributed by atoms with Gasteiger partial charge in [0.2, 0.25) is 5.91 Å². The van der Waals surface area contributed by atoms with Crippen LogP contribution >= 0.6 is 0 Å². The zero-order valence-corrected chi connectivity index (χ0v) is 14.1. The lowest BCUT2D eigenvalue weighted by Gasteiger charge is -2.30. The third kappa shape index (κ3) is 3.87. The average Bonchev–Trinajstić information content (AvgIpc) is 2.95. The number of nitrogens with zero attached hydrogens (tertiary/aromatic N) is 2. The van der Waals surface area contributed by atoms with E-state index in [1.165, 1.54) is 6.42 Å². The Morgan fingerprint density at radius 1 is 1.41 bits per heavy atom. The molecule has 22 heavy (non-hydrogen) atoms. The van der Waals surface area contributed by atoms with Gasteiger partial charge in [-0.15, -0.1) is 0 Å². The first-order valence-corrected chi connectivity index (χ1v) is 8.27. The normalized spacial score (nSPS) is 21.1. The molecule has 1 aromatic rings. The van der Waals surface area contributed by atoms with Gasteiger partial charge in [-0.05, 0) is 44.8 Å². The summed E-state index contributed by atoms with van der Waals surface area (Å²) in [6, 6.07) is 9.67. The van der Waals surface area contributed by atoms with E-state index in [9.17, 15) is 4.79 Å². The van der Waals surface area contributed by atoms with E-state index in [0.717, 1.165) is 38.2 Å². The molecule has 4 heteroatoms. The van der Waals surface area contributed by atoms with Crippen LogP contribution in [0.15, 0.2) is 30.3 Å². The number of likely N-dealkylation sites (tertiary alicyclic amines) is 1. The predicted octanol–water partition coefficient (Wildman–Crippen LogP) is 2.05. The minimum absolute atomic E-state index is 0.0411. The van der Waals surface area contributed by atoms with Crippen LogP contribution in [0.25, 0.3) is 0 Å². The number of nitrogens with two attached hydrogens (primary N) is 1. The summed E-state index contributed by atoms with van der Waals surface area (Å²) in [5.74, 6) is 0.603. The molecule has 1 heterocycles. The Morgan fingerprint density at radius 2 is 2.09 bits per heavy atom. The maximum absolute atomic E-state index is 12.8. The standard InChI is InChI=1S/C18H29N3O/c1-4-11-20(3)13-15-10-12-21(14-15)17(22)18(2,19)16-8-6-5-7-9-16/h5-9,15H,4,10-14,19H2,1-3H3. The minimum Gasteiger partial charge on any atom is -0.340 e. The molecule has 0 spiro atoms. The number of carbonyl (C=O) groups is 1. The first-order valence-electron chi connectivity index (χ1n) is 8.27. The third-order valence-electron chi connectivity index (χ3n) is 4.57. The molecule has 4 nitrogen and oxygen atoms in total. The summed E-state index contributed by atoms with van der Waals surface area (Å²) >= 11 is 0. The smallest absolute Gasteiger partial charge is 0.246 e. The highest BCUT2D eigenvalue weighted by atomic mass is 16.2. The van der Waals surface area contributed by atoms with E-state index >= 15 is 0 Å². The van der Waals surface area contributed by atoms with Crippen molar-refractivity contribution in [2.75, 3.05) is 33.2 Å². The Hall–Kier alpha value is -1.39. The molecule has 0 saturated carbocycles. The molecule has 0 radical (unpaired) electrons. The van der Waals surface area contributed by atoms with E-state index in [0.29, 0.717) is 5.92 Å². The van der Waals surface area contributed by atoms with Crippen LogP contribution in [0.5, 0.6) is 0 Å². The van der Waals surface area contributed by atoms with Crippen molar-refractivity contribution < 1.29 is 4.79 Å². The molecule has 1 aliphatic rings. The Bertz CT molecular complexity index is 486. The number of benzene rings is 1. The first-order chi connectivity index (χ1) is 10.4.